The predicted molar refractivity (Wildman–Crippen MR) is 149 cm³/mol. The fourth-order valence-corrected chi connectivity index (χ4v) is 2.94. The third-order valence-corrected chi connectivity index (χ3v) is 5.29. The first-order chi connectivity index (χ1) is 18.0. The van der Waals surface area contributed by atoms with Gasteiger partial charge in [-0.15, -0.1) is 0 Å². The van der Waals surface area contributed by atoms with Crippen molar-refractivity contribution in [1.82, 2.24) is 14.8 Å². The van der Waals surface area contributed by atoms with E-state index in [0.29, 0.717) is 49.6 Å². The number of hydrogen-bond acceptors (Lipinski definition) is 8. The zero-order chi connectivity index (χ0) is 29.3. The highest BCUT2D eigenvalue weighted by molar-refractivity contribution is 5.95. The number of likely N-dealkylation sites (N-methyl/N-ethyl adjacent to an activating group) is 1. The number of aromatic nitrogens is 1. The number of amides is 2. The van der Waals surface area contributed by atoms with E-state index < -0.39 is 29.9 Å². The molecule has 0 spiro atoms. The van der Waals surface area contributed by atoms with Crippen molar-refractivity contribution in [2.24, 2.45) is 4.99 Å². The summed E-state index contributed by atoms with van der Waals surface area (Å²) in [5.74, 6) is -0.592. The van der Waals surface area contributed by atoms with Crippen molar-refractivity contribution in [3.05, 3.63) is 55.0 Å². The Kier molecular flexibility index (Phi) is 16.0. The van der Waals surface area contributed by atoms with Crippen molar-refractivity contribution in [1.29, 1.82) is 0 Å². The molecule has 0 aliphatic rings. The molecule has 0 radical (unpaired) electrons. The standard InChI is InChI=1S/C26H38N4O6.C2H6/c1-9-20(27-10-2)15-17-30(8)25(33)36-19(4)35-23(31)26(5,6)22-14-12-13-21(28-22)16-18-29(7)24(32)34-11-3;1-2/h9-10,12-14,19H,1-2,11,15-18H2,3-8H3;1-2H3. The SMILES string of the molecule is C=CN=C(C=C)CCN(C)C(=O)OC(C)OC(=O)C(C)(C)c1cccc(CCN(C)C(=O)OCC)n1.CC. The van der Waals surface area contributed by atoms with Crippen LogP contribution in [0, 0.1) is 0 Å². The van der Waals surface area contributed by atoms with Gasteiger partial charge in [-0.25, -0.2) is 9.59 Å². The Hall–Kier alpha value is -3.69. The molecule has 212 valence electrons. The zero-order valence-electron chi connectivity index (χ0n) is 24.2. The van der Waals surface area contributed by atoms with Gasteiger partial charge in [-0.05, 0) is 39.0 Å². The Bertz CT molecular complexity index is 960. The van der Waals surface area contributed by atoms with Gasteiger partial charge in [0.25, 0.3) is 0 Å². The molecule has 1 heterocycles. The first kappa shape index (κ1) is 34.3. The van der Waals surface area contributed by atoms with Gasteiger partial charge in [0.15, 0.2) is 0 Å². The highest BCUT2D eigenvalue weighted by Crippen LogP contribution is 2.24. The quantitative estimate of drug-likeness (QED) is 0.197. The van der Waals surface area contributed by atoms with Crippen molar-refractivity contribution in [2.75, 3.05) is 33.8 Å². The van der Waals surface area contributed by atoms with Crippen molar-refractivity contribution < 1.29 is 28.6 Å². The summed E-state index contributed by atoms with van der Waals surface area (Å²) in [6.45, 7) is 18.9. The van der Waals surface area contributed by atoms with Crippen molar-refractivity contribution in [3.8, 4) is 0 Å². The maximum atomic E-state index is 12.9. The molecular formula is C28H44N4O6. The summed E-state index contributed by atoms with van der Waals surface area (Å²) in [5, 5.41) is 0. The Labute approximate surface area is 227 Å². The molecule has 0 fully saturated rings. The lowest BCUT2D eigenvalue weighted by Gasteiger charge is -2.26. The molecule has 0 aromatic carbocycles. The third kappa shape index (κ3) is 11.6. The molecule has 0 aliphatic heterocycles. The van der Waals surface area contributed by atoms with Crippen LogP contribution in [0.2, 0.25) is 0 Å². The Morgan fingerprint density at radius 1 is 1.08 bits per heavy atom. The molecule has 10 nitrogen and oxygen atoms in total. The minimum atomic E-state index is -1.10. The van der Waals surface area contributed by atoms with Crippen LogP contribution in [0.3, 0.4) is 0 Å². The van der Waals surface area contributed by atoms with Gasteiger partial charge in [-0.3, -0.25) is 14.8 Å². The molecule has 0 saturated carbocycles. The topological polar surface area (TPSA) is 111 Å². The molecular weight excluding hydrogens is 488 g/mol. The Morgan fingerprint density at radius 3 is 2.29 bits per heavy atom. The summed E-state index contributed by atoms with van der Waals surface area (Å²) in [4.78, 5) is 48.5. The Morgan fingerprint density at radius 2 is 1.71 bits per heavy atom. The first-order valence-corrected chi connectivity index (χ1v) is 12.7. The van der Waals surface area contributed by atoms with Gasteiger partial charge in [-0.1, -0.05) is 33.1 Å². The second-order valence-corrected chi connectivity index (χ2v) is 8.55. The van der Waals surface area contributed by atoms with Gasteiger partial charge in [0.1, 0.15) is 5.41 Å². The van der Waals surface area contributed by atoms with Crippen LogP contribution >= 0.6 is 0 Å². The average molecular weight is 533 g/mol. The third-order valence-electron chi connectivity index (χ3n) is 5.29. The maximum absolute atomic E-state index is 12.9. The number of aliphatic imine (C=N–C) groups is 1. The van der Waals surface area contributed by atoms with Crippen molar-refractivity contribution in [3.63, 3.8) is 0 Å². The summed E-state index contributed by atoms with van der Waals surface area (Å²) < 4.78 is 15.6. The van der Waals surface area contributed by atoms with Crippen molar-refractivity contribution in [2.45, 2.75) is 66.1 Å². The fourth-order valence-electron chi connectivity index (χ4n) is 2.94. The average Bonchev–Trinajstić information content (AvgIpc) is 2.90. The largest absolute Gasteiger partial charge is 0.450 e. The van der Waals surface area contributed by atoms with Gasteiger partial charge < -0.3 is 24.0 Å². The number of carbonyl (C=O) groups excluding carboxylic acids is 3. The molecule has 1 rings (SSSR count). The van der Waals surface area contributed by atoms with E-state index in [4.69, 9.17) is 14.2 Å². The van der Waals surface area contributed by atoms with Gasteiger partial charge in [0.05, 0.1) is 12.3 Å². The number of allylic oxidation sites excluding steroid dienone is 1. The van der Waals surface area contributed by atoms with Crippen LogP contribution < -0.4 is 0 Å². The molecule has 1 aromatic heterocycles. The predicted octanol–water partition coefficient (Wildman–Crippen LogP) is 5.13. The second-order valence-electron chi connectivity index (χ2n) is 8.55. The van der Waals surface area contributed by atoms with E-state index in [1.165, 1.54) is 22.9 Å². The number of ether oxygens (including phenoxy) is 3. The highest BCUT2D eigenvalue weighted by Gasteiger charge is 2.35. The molecule has 1 unspecified atom stereocenters. The van der Waals surface area contributed by atoms with E-state index in [9.17, 15) is 14.4 Å². The molecule has 1 atom stereocenters. The number of rotatable bonds is 13. The van der Waals surface area contributed by atoms with Crippen LogP contribution in [0.5, 0.6) is 0 Å². The molecule has 2 amide bonds. The van der Waals surface area contributed by atoms with E-state index in [1.807, 2.05) is 19.9 Å². The van der Waals surface area contributed by atoms with E-state index in [1.54, 1.807) is 53.1 Å². The van der Waals surface area contributed by atoms with Crippen LogP contribution in [0.25, 0.3) is 0 Å². The summed E-state index contributed by atoms with van der Waals surface area (Å²) >= 11 is 0. The molecule has 1 aromatic rings. The second kappa shape index (κ2) is 17.7. The van der Waals surface area contributed by atoms with E-state index >= 15 is 0 Å². The lowest BCUT2D eigenvalue weighted by Crippen LogP contribution is -2.38. The molecule has 38 heavy (non-hydrogen) atoms. The fraction of sp³-hybridized carbons (Fsp3) is 0.536. The zero-order valence-corrected chi connectivity index (χ0v) is 24.2. The summed E-state index contributed by atoms with van der Waals surface area (Å²) in [5.41, 5.74) is 0.797. The monoisotopic (exact) mass is 532 g/mol. The lowest BCUT2D eigenvalue weighted by molar-refractivity contribution is -0.172. The number of nitrogens with zero attached hydrogens (tertiary/aromatic N) is 4. The number of esters is 1. The number of carbonyl (C=O) groups is 3. The van der Waals surface area contributed by atoms with E-state index in [-0.39, 0.29) is 0 Å². The molecule has 10 heteroatoms. The van der Waals surface area contributed by atoms with Crippen LogP contribution in [0.1, 0.15) is 59.4 Å². The normalized spacial score (nSPS) is 11.7. The lowest BCUT2D eigenvalue weighted by atomic mass is 9.88. The van der Waals surface area contributed by atoms with Crippen LogP contribution in [0.15, 0.2) is 48.6 Å². The van der Waals surface area contributed by atoms with Gasteiger partial charge in [-0.2, -0.15) is 0 Å². The van der Waals surface area contributed by atoms with E-state index in [2.05, 4.69) is 23.1 Å². The van der Waals surface area contributed by atoms with Crippen LogP contribution in [-0.2, 0) is 30.8 Å². The van der Waals surface area contributed by atoms with Gasteiger partial charge in [0, 0.05) is 64.6 Å². The minimum Gasteiger partial charge on any atom is -0.450 e. The van der Waals surface area contributed by atoms with Gasteiger partial charge >= 0.3 is 18.2 Å². The summed E-state index contributed by atoms with van der Waals surface area (Å²) in [6.07, 6.45) is 1.81. The van der Waals surface area contributed by atoms with E-state index in [0.717, 1.165) is 0 Å². The van der Waals surface area contributed by atoms with Crippen LogP contribution in [0.4, 0.5) is 9.59 Å². The molecule has 0 bridgehead atoms. The highest BCUT2D eigenvalue weighted by atomic mass is 16.7. The summed E-state index contributed by atoms with van der Waals surface area (Å²) in [7, 11) is 3.22. The maximum Gasteiger partial charge on any atom is 0.412 e. The van der Waals surface area contributed by atoms with Crippen LogP contribution in [-0.4, -0.2) is 78.7 Å². The summed E-state index contributed by atoms with van der Waals surface area (Å²) in [6, 6.07) is 5.34. The molecule has 0 saturated heterocycles. The number of pyridine rings is 1. The first-order valence-electron chi connectivity index (χ1n) is 12.7. The molecule has 0 aliphatic carbocycles. The Balaban J connectivity index is 0.00000667. The number of hydrogen-bond donors (Lipinski definition) is 0. The molecule has 0 N–H and O–H groups in total. The van der Waals surface area contributed by atoms with Gasteiger partial charge in [0.2, 0.25) is 6.29 Å². The smallest absolute Gasteiger partial charge is 0.412 e. The van der Waals surface area contributed by atoms with Crippen molar-refractivity contribution >= 4 is 23.9 Å². The minimum absolute atomic E-state index is 0.304.